The topological polar surface area (TPSA) is 30.7 Å². The Kier molecular flexibility index (Phi) is 4.78. The molecule has 0 fully saturated rings. The zero-order valence-electron chi connectivity index (χ0n) is 14.5. The van der Waals surface area contributed by atoms with Crippen molar-refractivity contribution >= 4 is 33.2 Å². The minimum atomic E-state index is -0.209. The van der Waals surface area contributed by atoms with Crippen LogP contribution in [0.4, 0.5) is 4.39 Å². The van der Waals surface area contributed by atoms with Crippen LogP contribution >= 0.6 is 23.1 Å². The van der Waals surface area contributed by atoms with E-state index in [9.17, 15) is 4.39 Å². The van der Waals surface area contributed by atoms with Gasteiger partial charge in [-0.25, -0.2) is 4.39 Å². The average Bonchev–Trinajstić information content (AvgIpc) is 3.23. The molecule has 0 aliphatic carbocycles. The molecule has 3 nitrogen and oxygen atoms in total. The maximum absolute atomic E-state index is 13.4. The number of thiophene rings is 1. The molecule has 132 valence electrons. The molecule has 0 aliphatic rings. The summed E-state index contributed by atoms with van der Waals surface area (Å²) >= 11 is 3.31. The molecular formula is C20H18FN3S2. The molecule has 2 aromatic heterocycles. The lowest BCUT2D eigenvalue weighted by molar-refractivity contribution is 0.555. The van der Waals surface area contributed by atoms with Crippen LogP contribution in [0, 0.1) is 5.82 Å². The van der Waals surface area contributed by atoms with Crippen molar-refractivity contribution in [1.82, 2.24) is 14.8 Å². The van der Waals surface area contributed by atoms with Gasteiger partial charge in [-0.1, -0.05) is 42.1 Å². The lowest BCUT2D eigenvalue weighted by Gasteiger charge is -2.13. The van der Waals surface area contributed by atoms with Crippen molar-refractivity contribution in [3.63, 3.8) is 0 Å². The highest BCUT2D eigenvalue weighted by Crippen LogP contribution is 2.36. The van der Waals surface area contributed by atoms with Gasteiger partial charge in [0.25, 0.3) is 0 Å². The van der Waals surface area contributed by atoms with Crippen molar-refractivity contribution in [2.75, 3.05) is 0 Å². The van der Waals surface area contributed by atoms with Gasteiger partial charge in [-0.2, -0.15) is 0 Å². The molecule has 0 atom stereocenters. The fourth-order valence-corrected chi connectivity index (χ4v) is 4.90. The van der Waals surface area contributed by atoms with Crippen LogP contribution in [-0.4, -0.2) is 14.8 Å². The van der Waals surface area contributed by atoms with Gasteiger partial charge in [-0.05, 0) is 37.6 Å². The standard InChI is InChI=1S/C20H18FN3S2/c1-13(2)24-19(17-12-25-18-9-4-3-8-16(17)18)22-23-20(24)26-11-14-6-5-7-15(21)10-14/h3-10,12-13H,11H2,1-2H3. The Labute approximate surface area is 159 Å². The number of thioether (sulfide) groups is 1. The Bertz CT molecular complexity index is 1050. The summed E-state index contributed by atoms with van der Waals surface area (Å²) in [5, 5.41) is 13.1. The zero-order chi connectivity index (χ0) is 18.1. The normalized spacial score (nSPS) is 11.5. The highest BCUT2D eigenvalue weighted by molar-refractivity contribution is 7.98. The minimum absolute atomic E-state index is 0.209. The van der Waals surface area contributed by atoms with Crippen molar-refractivity contribution in [1.29, 1.82) is 0 Å². The number of hydrogen-bond acceptors (Lipinski definition) is 4. The fraction of sp³-hybridized carbons (Fsp3) is 0.200. The van der Waals surface area contributed by atoms with E-state index >= 15 is 0 Å². The number of halogens is 1. The second-order valence-corrected chi connectivity index (χ2v) is 8.19. The second kappa shape index (κ2) is 7.21. The van der Waals surface area contributed by atoms with Crippen LogP contribution in [0.1, 0.15) is 25.5 Å². The molecule has 0 radical (unpaired) electrons. The van der Waals surface area contributed by atoms with Crippen molar-refractivity contribution in [2.24, 2.45) is 0 Å². The monoisotopic (exact) mass is 383 g/mol. The Balaban J connectivity index is 1.69. The second-order valence-electron chi connectivity index (χ2n) is 6.33. The van der Waals surface area contributed by atoms with Crippen LogP contribution in [0.25, 0.3) is 21.5 Å². The van der Waals surface area contributed by atoms with E-state index in [0.717, 1.165) is 22.1 Å². The van der Waals surface area contributed by atoms with E-state index in [2.05, 4.69) is 52.2 Å². The first kappa shape index (κ1) is 17.2. The maximum atomic E-state index is 13.4. The molecule has 0 saturated heterocycles. The fourth-order valence-electron chi connectivity index (χ4n) is 2.95. The van der Waals surface area contributed by atoms with E-state index in [1.165, 1.54) is 16.2 Å². The largest absolute Gasteiger partial charge is 0.299 e. The SMILES string of the molecule is CC(C)n1c(SCc2cccc(F)c2)nnc1-c1csc2ccccc12. The third-order valence-electron chi connectivity index (χ3n) is 4.16. The number of hydrogen-bond donors (Lipinski definition) is 0. The third-order valence-corrected chi connectivity index (χ3v) is 6.14. The minimum Gasteiger partial charge on any atom is -0.299 e. The summed E-state index contributed by atoms with van der Waals surface area (Å²) in [6, 6.07) is 15.3. The molecule has 4 rings (SSSR count). The maximum Gasteiger partial charge on any atom is 0.192 e. The van der Waals surface area contributed by atoms with Gasteiger partial charge < -0.3 is 0 Å². The molecule has 4 aromatic rings. The van der Waals surface area contributed by atoms with E-state index in [-0.39, 0.29) is 11.9 Å². The highest BCUT2D eigenvalue weighted by Gasteiger charge is 2.19. The third kappa shape index (κ3) is 3.27. The van der Waals surface area contributed by atoms with Crippen LogP contribution < -0.4 is 0 Å². The van der Waals surface area contributed by atoms with Gasteiger partial charge in [0.1, 0.15) is 5.82 Å². The molecular weight excluding hydrogens is 365 g/mol. The van der Waals surface area contributed by atoms with Crippen molar-refractivity contribution in [2.45, 2.75) is 30.8 Å². The molecule has 0 N–H and O–H groups in total. The van der Waals surface area contributed by atoms with E-state index in [1.54, 1.807) is 35.2 Å². The number of fused-ring (bicyclic) bond motifs is 1. The van der Waals surface area contributed by atoms with Gasteiger partial charge in [-0.15, -0.1) is 21.5 Å². The van der Waals surface area contributed by atoms with E-state index in [4.69, 9.17) is 0 Å². The molecule has 0 aliphatic heterocycles. The lowest BCUT2D eigenvalue weighted by Crippen LogP contribution is -2.05. The van der Waals surface area contributed by atoms with Gasteiger partial charge >= 0.3 is 0 Å². The number of rotatable bonds is 5. The van der Waals surface area contributed by atoms with Crippen LogP contribution in [0.2, 0.25) is 0 Å². The molecule has 0 saturated carbocycles. The molecule has 26 heavy (non-hydrogen) atoms. The molecule has 0 unspecified atom stereocenters. The Hall–Kier alpha value is -2.18. The predicted molar refractivity (Wildman–Crippen MR) is 107 cm³/mol. The van der Waals surface area contributed by atoms with Crippen molar-refractivity contribution in [3.8, 4) is 11.4 Å². The highest BCUT2D eigenvalue weighted by atomic mass is 32.2. The molecule has 0 bridgehead atoms. The van der Waals surface area contributed by atoms with E-state index in [1.807, 2.05) is 12.1 Å². The van der Waals surface area contributed by atoms with Gasteiger partial charge in [0.15, 0.2) is 11.0 Å². The first-order valence-corrected chi connectivity index (χ1v) is 10.3. The van der Waals surface area contributed by atoms with Crippen LogP contribution in [-0.2, 0) is 5.75 Å². The summed E-state index contributed by atoms with van der Waals surface area (Å²) in [7, 11) is 0. The first-order chi connectivity index (χ1) is 12.6. The van der Waals surface area contributed by atoms with E-state index < -0.39 is 0 Å². The summed E-state index contributed by atoms with van der Waals surface area (Å²) in [6.07, 6.45) is 0. The zero-order valence-corrected chi connectivity index (χ0v) is 16.1. The van der Waals surface area contributed by atoms with Crippen molar-refractivity contribution < 1.29 is 4.39 Å². The quantitative estimate of drug-likeness (QED) is 0.386. The predicted octanol–water partition coefficient (Wildman–Crippen LogP) is 6.17. The molecule has 2 heterocycles. The summed E-state index contributed by atoms with van der Waals surface area (Å²) in [5.41, 5.74) is 2.06. The van der Waals surface area contributed by atoms with E-state index in [0.29, 0.717) is 5.75 Å². The van der Waals surface area contributed by atoms with Crippen LogP contribution in [0.5, 0.6) is 0 Å². The van der Waals surface area contributed by atoms with Crippen LogP contribution in [0.3, 0.4) is 0 Å². The lowest BCUT2D eigenvalue weighted by atomic mass is 10.1. The van der Waals surface area contributed by atoms with Gasteiger partial charge in [0, 0.05) is 32.8 Å². The first-order valence-electron chi connectivity index (χ1n) is 8.42. The van der Waals surface area contributed by atoms with Gasteiger partial charge in [-0.3, -0.25) is 4.57 Å². The molecule has 6 heteroatoms. The number of benzene rings is 2. The summed E-state index contributed by atoms with van der Waals surface area (Å²) in [4.78, 5) is 0. The van der Waals surface area contributed by atoms with Crippen molar-refractivity contribution in [3.05, 3.63) is 65.3 Å². The molecule has 0 spiro atoms. The Morgan fingerprint density at radius 2 is 1.96 bits per heavy atom. The smallest absolute Gasteiger partial charge is 0.192 e. The number of aromatic nitrogens is 3. The molecule has 0 amide bonds. The Morgan fingerprint density at radius 1 is 1.12 bits per heavy atom. The summed E-state index contributed by atoms with van der Waals surface area (Å²) in [5.74, 6) is 1.34. The van der Waals surface area contributed by atoms with Gasteiger partial charge in [0.05, 0.1) is 0 Å². The summed E-state index contributed by atoms with van der Waals surface area (Å²) in [6.45, 7) is 4.27. The average molecular weight is 384 g/mol. The van der Waals surface area contributed by atoms with Gasteiger partial charge in [0.2, 0.25) is 0 Å². The van der Waals surface area contributed by atoms with Crippen LogP contribution in [0.15, 0.2) is 59.1 Å². The Morgan fingerprint density at radius 3 is 2.77 bits per heavy atom. The summed E-state index contributed by atoms with van der Waals surface area (Å²) < 4.78 is 16.8. The molecule has 2 aromatic carbocycles. The number of nitrogens with zero attached hydrogens (tertiary/aromatic N) is 3.